The molecule has 3 aromatic rings. The topological polar surface area (TPSA) is 42.0 Å². The Kier molecular flexibility index (Phi) is 6.54. The number of amides is 1. The number of para-hydroxylation sites is 1. The lowest BCUT2D eigenvalue weighted by Crippen LogP contribution is -2.43. The Morgan fingerprint density at radius 2 is 1.53 bits per heavy atom. The zero-order valence-corrected chi connectivity index (χ0v) is 19.9. The normalized spacial score (nSPS) is 21.8. The van der Waals surface area contributed by atoms with Crippen molar-refractivity contribution in [3.63, 3.8) is 0 Å². The van der Waals surface area contributed by atoms with Crippen LogP contribution in [0.2, 0.25) is 0 Å². The highest BCUT2D eigenvalue weighted by atomic mass is 16.5. The van der Waals surface area contributed by atoms with Crippen molar-refractivity contribution >= 4 is 5.91 Å². The maximum absolute atomic E-state index is 13.0. The fourth-order valence-corrected chi connectivity index (χ4v) is 5.22. The quantitative estimate of drug-likeness (QED) is 0.454. The summed E-state index contributed by atoms with van der Waals surface area (Å²) in [5, 5.41) is 0. The fourth-order valence-electron chi connectivity index (χ4n) is 5.22. The monoisotopic (exact) mass is 456 g/mol. The minimum Gasteiger partial charge on any atom is -0.490 e. The molecule has 0 aliphatic carbocycles. The van der Waals surface area contributed by atoms with Gasteiger partial charge in [0.05, 0.1) is 0 Å². The van der Waals surface area contributed by atoms with Gasteiger partial charge in [0.1, 0.15) is 23.4 Å². The second-order valence-electron chi connectivity index (χ2n) is 9.51. The third-order valence-corrected chi connectivity index (χ3v) is 7.10. The van der Waals surface area contributed by atoms with Crippen molar-refractivity contribution < 1.29 is 14.3 Å². The average molecular weight is 457 g/mol. The van der Waals surface area contributed by atoms with E-state index in [9.17, 15) is 4.79 Å². The van der Waals surface area contributed by atoms with Gasteiger partial charge in [-0.2, -0.15) is 0 Å². The van der Waals surface area contributed by atoms with Gasteiger partial charge in [0.2, 0.25) is 0 Å². The van der Waals surface area contributed by atoms with Gasteiger partial charge in [0.15, 0.2) is 0 Å². The van der Waals surface area contributed by atoms with Crippen LogP contribution in [0.5, 0.6) is 17.2 Å². The lowest BCUT2D eigenvalue weighted by Gasteiger charge is -2.36. The summed E-state index contributed by atoms with van der Waals surface area (Å²) in [5.74, 6) is 2.35. The molecule has 2 saturated heterocycles. The molecule has 2 heterocycles. The van der Waals surface area contributed by atoms with Gasteiger partial charge in [-0.15, -0.1) is 0 Å². The van der Waals surface area contributed by atoms with E-state index in [2.05, 4.69) is 18.0 Å². The highest BCUT2D eigenvalue weighted by Gasteiger charge is 2.39. The van der Waals surface area contributed by atoms with E-state index in [0.29, 0.717) is 29.9 Å². The first-order valence-electron chi connectivity index (χ1n) is 12.1. The van der Waals surface area contributed by atoms with Crippen LogP contribution in [0.15, 0.2) is 78.9 Å². The number of nitrogens with zero attached hydrogens (tertiary/aromatic N) is 2. The van der Waals surface area contributed by atoms with Crippen LogP contribution in [0.25, 0.3) is 0 Å². The van der Waals surface area contributed by atoms with Crippen LogP contribution in [0.1, 0.15) is 41.6 Å². The molecule has 0 spiro atoms. The average Bonchev–Trinajstić information content (AvgIpc) is 3.05. The first-order chi connectivity index (χ1) is 16.5. The number of ether oxygens (including phenoxy) is 2. The number of carbonyl (C=O) groups excluding carboxylic acids is 1. The van der Waals surface area contributed by atoms with Gasteiger partial charge in [0, 0.05) is 31.2 Å². The van der Waals surface area contributed by atoms with Crippen molar-refractivity contribution in [2.75, 3.05) is 14.1 Å². The summed E-state index contributed by atoms with van der Waals surface area (Å²) in [6.45, 7) is 0.525. The van der Waals surface area contributed by atoms with E-state index in [-0.39, 0.29) is 12.0 Å². The molecule has 2 aliphatic heterocycles. The molecule has 3 atom stereocenters. The molecule has 2 fully saturated rings. The van der Waals surface area contributed by atoms with E-state index in [0.717, 1.165) is 29.9 Å². The van der Waals surface area contributed by atoms with Crippen LogP contribution in [0.3, 0.4) is 0 Å². The van der Waals surface area contributed by atoms with Gasteiger partial charge in [0.25, 0.3) is 5.91 Å². The van der Waals surface area contributed by atoms with Crippen molar-refractivity contribution in [2.24, 2.45) is 0 Å². The first-order valence-corrected chi connectivity index (χ1v) is 12.1. The largest absolute Gasteiger partial charge is 0.490 e. The number of hydrogen-bond donors (Lipinski definition) is 0. The first kappa shape index (κ1) is 22.5. The number of piperidine rings is 1. The molecule has 0 aromatic heterocycles. The van der Waals surface area contributed by atoms with Crippen LogP contribution in [-0.2, 0) is 6.54 Å². The van der Waals surface area contributed by atoms with Crippen molar-refractivity contribution in [3.05, 3.63) is 90.0 Å². The second-order valence-corrected chi connectivity index (χ2v) is 9.51. The molecule has 34 heavy (non-hydrogen) atoms. The Morgan fingerprint density at radius 3 is 2.24 bits per heavy atom. The highest BCUT2D eigenvalue weighted by Crippen LogP contribution is 2.36. The van der Waals surface area contributed by atoms with Crippen molar-refractivity contribution in [3.8, 4) is 17.2 Å². The summed E-state index contributed by atoms with van der Waals surface area (Å²) in [6.07, 6.45) is 5.04. The summed E-state index contributed by atoms with van der Waals surface area (Å²) in [5.41, 5.74) is 1.70. The van der Waals surface area contributed by atoms with Gasteiger partial charge in [-0.3, -0.25) is 4.79 Å². The van der Waals surface area contributed by atoms with Gasteiger partial charge >= 0.3 is 0 Å². The van der Waals surface area contributed by atoms with Gasteiger partial charge in [-0.05, 0) is 86.8 Å². The molecule has 2 bridgehead atoms. The minimum atomic E-state index is -0.0236. The molecule has 3 aromatic carbocycles. The van der Waals surface area contributed by atoms with Crippen molar-refractivity contribution in [1.29, 1.82) is 0 Å². The third kappa shape index (κ3) is 5.10. The van der Waals surface area contributed by atoms with Crippen LogP contribution in [-0.4, -0.2) is 48.0 Å². The van der Waals surface area contributed by atoms with E-state index in [1.807, 2.05) is 79.8 Å². The molecule has 1 amide bonds. The van der Waals surface area contributed by atoms with Crippen molar-refractivity contribution in [1.82, 2.24) is 9.80 Å². The van der Waals surface area contributed by atoms with E-state index in [1.165, 1.54) is 12.8 Å². The van der Waals surface area contributed by atoms with Gasteiger partial charge < -0.3 is 19.3 Å². The third-order valence-electron chi connectivity index (χ3n) is 7.10. The molecule has 5 nitrogen and oxygen atoms in total. The number of hydrogen-bond acceptors (Lipinski definition) is 4. The molecule has 2 aliphatic rings. The van der Waals surface area contributed by atoms with E-state index < -0.39 is 0 Å². The van der Waals surface area contributed by atoms with Gasteiger partial charge in [-0.1, -0.05) is 30.3 Å². The minimum absolute atomic E-state index is 0.0236. The van der Waals surface area contributed by atoms with Gasteiger partial charge in [-0.25, -0.2) is 0 Å². The molecule has 5 rings (SSSR count). The number of fused-ring (bicyclic) bond motifs is 2. The maximum Gasteiger partial charge on any atom is 0.253 e. The predicted molar refractivity (Wildman–Crippen MR) is 133 cm³/mol. The number of carbonyl (C=O) groups is 1. The standard InChI is InChI=1S/C29H32N2O3/c1-30(29(32)22-11-15-26(16-12-22)33-25-8-4-3-5-9-25)20-21-7-6-10-27(17-21)34-28-18-23-13-14-24(19-28)31(23)2/h3-12,15-17,23-24,28H,13-14,18-20H2,1-2H3/t23-,24?,28?/m1/s1. The number of benzene rings is 3. The Bertz CT molecular complexity index is 1100. The Labute approximate surface area is 201 Å². The summed E-state index contributed by atoms with van der Waals surface area (Å²) in [6, 6.07) is 26.4. The highest BCUT2D eigenvalue weighted by molar-refractivity contribution is 5.94. The van der Waals surface area contributed by atoms with E-state index >= 15 is 0 Å². The van der Waals surface area contributed by atoms with Crippen LogP contribution >= 0.6 is 0 Å². The Hall–Kier alpha value is -3.31. The van der Waals surface area contributed by atoms with Crippen LogP contribution in [0, 0.1) is 0 Å². The van der Waals surface area contributed by atoms with Crippen LogP contribution < -0.4 is 9.47 Å². The second kappa shape index (κ2) is 9.90. The summed E-state index contributed by atoms with van der Waals surface area (Å²) < 4.78 is 12.2. The summed E-state index contributed by atoms with van der Waals surface area (Å²) >= 11 is 0. The smallest absolute Gasteiger partial charge is 0.253 e. The zero-order valence-electron chi connectivity index (χ0n) is 19.9. The number of rotatable bonds is 7. The van der Waals surface area contributed by atoms with E-state index in [1.54, 1.807) is 4.90 Å². The molecule has 5 heteroatoms. The Morgan fingerprint density at radius 1 is 0.882 bits per heavy atom. The molecule has 176 valence electrons. The molecule has 2 unspecified atom stereocenters. The molecular formula is C29H32N2O3. The molecule has 0 radical (unpaired) electrons. The molecule has 0 saturated carbocycles. The zero-order chi connectivity index (χ0) is 23.5. The molecule has 0 N–H and O–H groups in total. The predicted octanol–water partition coefficient (Wildman–Crippen LogP) is 5.76. The van der Waals surface area contributed by atoms with E-state index in [4.69, 9.17) is 9.47 Å². The summed E-state index contributed by atoms with van der Waals surface area (Å²) in [7, 11) is 4.08. The SMILES string of the molecule is CN(Cc1cccc(OC2CC3CC[C@H](C2)N3C)c1)C(=O)c1ccc(Oc2ccccc2)cc1. The fraction of sp³-hybridized carbons (Fsp3) is 0.345. The lowest BCUT2D eigenvalue weighted by atomic mass is 10.0. The van der Waals surface area contributed by atoms with Crippen molar-refractivity contribution in [2.45, 2.75) is 50.4 Å². The Balaban J connectivity index is 1.18. The molecular weight excluding hydrogens is 424 g/mol. The lowest BCUT2D eigenvalue weighted by molar-refractivity contribution is 0.0659. The summed E-state index contributed by atoms with van der Waals surface area (Å²) in [4.78, 5) is 17.2. The maximum atomic E-state index is 13.0. The van der Waals surface area contributed by atoms with Crippen LogP contribution in [0.4, 0.5) is 0 Å².